The van der Waals surface area contributed by atoms with Crippen LogP contribution in [0.4, 0.5) is 0 Å². The summed E-state index contributed by atoms with van der Waals surface area (Å²) < 4.78 is 0.894. The molecule has 0 saturated carbocycles. The Morgan fingerprint density at radius 2 is 2.09 bits per heavy atom. The number of rotatable bonds is 6. The Balaban J connectivity index is 1.93. The number of halogens is 1. The second kappa shape index (κ2) is 8.22. The zero-order valence-electron chi connectivity index (χ0n) is 12.4. The van der Waals surface area contributed by atoms with Gasteiger partial charge in [-0.25, -0.2) is 0 Å². The maximum Gasteiger partial charge on any atom is 0.227 e. The van der Waals surface area contributed by atoms with E-state index in [0.29, 0.717) is 18.7 Å². The third-order valence-corrected chi connectivity index (χ3v) is 4.38. The highest BCUT2D eigenvalue weighted by atomic mass is 79.9. The number of amides is 1. The van der Waals surface area contributed by atoms with Gasteiger partial charge < -0.3 is 5.73 Å². The second-order valence-corrected chi connectivity index (χ2v) is 6.32. The molecule has 1 fully saturated rings. The first-order chi connectivity index (χ1) is 10.6. The fraction of sp³-hybridized carbons (Fsp3) is 0.533. The molecule has 0 spiro atoms. The zero-order valence-corrected chi connectivity index (χ0v) is 14.0. The van der Waals surface area contributed by atoms with Crippen LogP contribution in [0, 0.1) is 11.3 Å². The van der Waals surface area contributed by atoms with Gasteiger partial charge in [0.1, 0.15) is 0 Å². The van der Waals surface area contributed by atoms with Crippen molar-refractivity contribution in [3.63, 3.8) is 0 Å². The third-order valence-electron chi connectivity index (χ3n) is 3.89. The average Bonchev–Trinajstić information content (AvgIpc) is 2.51. The number of primary amides is 1. The Morgan fingerprint density at radius 3 is 2.68 bits per heavy atom. The lowest BCUT2D eigenvalue weighted by Gasteiger charge is -2.35. The van der Waals surface area contributed by atoms with Gasteiger partial charge in [0.25, 0.3) is 0 Å². The van der Waals surface area contributed by atoms with Gasteiger partial charge in [-0.1, -0.05) is 15.9 Å². The Kier molecular flexibility index (Phi) is 6.31. The van der Waals surface area contributed by atoms with Gasteiger partial charge in [0.05, 0.1) is 17.7 Å². The number of carbonyl (C=O) groups excluding carboxylic acids is 1. The summed E-state index contributed by atoms with van der Waals surface area (Å²) >= 11 is 3.40. The van der Waals surface area contributed by atoms with Crippen LogP contribution in [0.1, 0.15) is 18.0 Å². The minimum absolute atomic E-state index is 0.350. The summed E-state index contributed by atoms with van der Waals surface area (Å²) in [7, 11) is 0. The standard InChI is InChI=1S/C15H20BrN5O/c16-12-2-4-19-14(10-12)13(15(18)22)11-21-8-6-20(7-9-21)5-1-3-17/h2,4,10,13H,1,5-9,11H2,(H2,18,22). The van der Waals surface area contributed by atoms with E-state index in [0.717, 1.165) is 37.2 Å². The van der Waals surface area contributed by atoms with E-state index in [1.54, 1.807) is 6.20 Å². The molecule has 2 rings (SSSR count). The molecular formula is C15H20BrN5O. The maximum absolute atomic E-state index is 11.8. The molecule has 22 heavy (non-hydrogen) atoms. The van der Waals surface area contributed by atoms with Gasteiger partial charge >= 0.3 is 0 Å². The van der Waals surface area contributed by atoms with Crippen molar-refractivity contribution in [1.82, 2.24) is 14.8 Å². The summed E-state index contributed by atoms with van der Waals surface area (Å²) in [6.45, 7) is 4.99. The number of pyridine rings is 1. The minimum atomic E-state index is -0.400. The van der Waals surface area contributed by atoms with Gasteiger partial charge in [-0.3, -0.25) is 19.6 Å². The Hall–Kier alpha value is -1.49. The summed E-state index contributed by atoms with van der Waals surface area (Å²) in [5.74, 6) is -0.749. The number of hydrogen-bond acceptors (Lipinski definition) is 5. The molecule has 2 heterocycles. The quantitative estimate of drug-likeness (QED) is 0.810. The molecule has 1 atom stereocenters. The van der Waals surface area contributed by atoms with Crippen LogP contribution in [-0.2, 0) is 4.79 Å². The largest absolute Gasteiger partial charge is 0.369 e. The first kappa shape index (κ1) is 16.9. The van der Waals surface area contributed by atoms with Gasteiger partial charge in [0.15, 0.2) is 0 Å². The van der Waals surface area contributed by atoms with Crippen LogP contribution < -0.4 is 5.73 Å². The van der Waals surface area contributed by atoms with Gasteiger partial charge in [0, 0.05) is 56.4 Å². The molecule has 6 nitrogen and oxygen atoms in total. The van der Waals surface area contributed by atoms with Crippen molar-refractivity contribution in [3.8, 4) is 6.07 Å². The van der Waals surface area contributed by atoms with E-state index in [9.17, 15) is 4.79 Å². The molecule has 1 unspecified atom stereocenters. The number of nitriles is 1. The molecule has 2 N–H and O–H groups in total. The topological polar surface area (TPSA) is 86.3 Å². The highest BCUT2D eigenvalue weighted by molar-refractivity contribution is 9.10. The molecule has 7 heteroatoms. The van der Waals surface area contributed by atoms with Crippen LogP contribution in [-0.4, -0.2) is 60.0 Å². The molecule has 1 aliphatic heterocycles. The van der Waals surface area contributed by atoms with E-state index in [4.69, 9.17) is 11.0 Å². The predicted octanol–water partition coefficient (Wildman–Crippen LogP) is 0.944. The molecule has 1 saturated heterocycles. The van der Waals surface area contributed by atoms with Crippen LogP contribution in [0.25, 0.3) is 0 Å². The first-order valence-electron chi connectivity index (χ1n) is 7.32. The Morgan fingerprint density at radius 1 is 1.41 bits per heavy atom. The lowest BCUT2D eigenvalue weighted by molar-refractivity contribution is -0.120. The van der Waals surface area contributed by atoms with E-state index in [1.165, 1.54) is 0 Å². The normalized spacial score (nSPS) is 17.8. The fourth-order valence-electron chi connectivity index (χ4n) is 2.60. The minimum Gasteiger partial charge on any atom is -0.369 e. The van der Waals surface area contributed by atoms with Crippen molar-refractivity contribution in [2.45, 2.75) is 12.3 Å². The molecule has 0 aliphatic carbocycles. The molecule has 1 amide bonds. The van der Waals surface area contributed by atoms with E-state index >= 15 is 0 Å². The number of nitrogens with zero attached hydrogens (tertiary/aromatic N) is 4. The van der Waals surface area contributed by atoms with Crippen molar-refractivity contribution >= 4 is 21.8 Å². The highest BCUT2D eigenvalue weighted by Gasteiger charge is 2.25. The number of piperazine rings is 1. The average molecular weight is 366 g/mol. The summed E-state index contributed by atoms with van der Waals surface area (Å²) in [5, 5.41) is 8.63. The molecule has 0 aromatic carbocycles. The summed E-state index contributed by atoms with van der Waals surface area (Å²) in [6, 6.07) is 5.85. The SMILES string of the molecule is N#CCCN1CCN(CC(C(N)=O)c2cc(Br)ccn2)CC1. The van der Waals surface area contributed by atoms with Crippen LogP contribution in [0.5, 0.6) is 0 Å². The Labute approximate surface area is 139 Å². The lowest BCUT2D eigenvalue weighted by atomic mass is 10.0. The number of aromatic nitrogens is 1. The molecule has 1 aromatic heterocycles. The van der Waals surface area contributed by atoms with Crippen LogP contribution >= 0.6 is 15.9 Å². The van der Waals surface area contributed by atoms with E-state index in [1.807, 2.05) is 12.1 Å². The van der Waals surface area contributed by atoms with Crippen LogP contribution in [0.15, 0.2) is 22.8 Å². The lowest BCUT2D eigenvalue weighted by Crippen LogP contribution is -2.48. The van der Waals surface area contributed by atoms with Gasteiger partial charge in [0.2, 0.25) is 5.91 Å². The molecule has 1 aliphatic rings. The molecule has 0 radical (unpaired) electrons. The van der Waals surface area contributed by atoms with Crippen molar-refractivity contribution in [3.05, 3.63) is 28.5 Å². The third kappa shape index (κ3) is 4.77. The van der Waals surface area contributed by atoms with Crippen molar-refractivity contribution in [1.29, 1.82) is 5.26 Å². The molecule has 0 bridgehead atoms. The van der Waals surface area contributed by atoms with E-state index < -0.39 is 5.92 Å². The second-order valence-electron chi connectivity index (χ2n) is 5.40. The highest BCUT2D eigenvalue weighted by Crippen LogP contribution is 2.19. The van der Waals surface area contributed by atoms with Crippen LogP contribution in [0.3, 0.4) is 0 Å². The fourth-order valence-corrected chi connectivity index (χ4v) is 2.96. The van der Waals surface area contributed by atoms with Gasteiger partial charge in [-0.15, -0.1) is 0 Å². The molecule has 118 valence electrons. The predicted molar refractivity (Wildman–Crippen MR) is 87.0 cm³/mol. The monoisotopic (exact) mass is 365 g/mol. The summed E-state index contributed by atoms with van der Waals surface area (Å²) in [6.07, 6.45) is 2.24. The maximum atomic E-state index is 11.8. The summed E-state index contributed by atoms with van der Waals surface area (Å²) in [4.78, 5) is 20.6. The van der Waals surface area contributed by atoms with E-state index in [-0.39, 0.29) is 5.91 Å². The van der Waals surface area contributed by atoms with E-state index in [2.05, 4.69) is 36.8 Å². The molecular weight excluding hydrogens is 346 g/mol. The molecule has 1 aromatic rings. The van der Waals surface area contributed by atoms with Crippen molar-refractivity contribution < 1.29 is 4.79 Å². The van der Waals surface area contributed by atoms with Crippen molar-refractivity contribution in [2.24, 2.45) is 5.73 Å². The first-order valence-corrected chi connectivity index (χ1v) is 8.12. The van der Waals surface area contributed by atoms with Gasteiger partial charge in [-0.2, -0.15) is 5.26 Å². The zero-order chi connectivity index (χ0) is 15.9. The van der Waals surface area contributed by atoms with Crippen molar-refractivity contribution in [2.75, 3.05) is 39.3 Å². The smallest absolute Gasteiger partial charge is 0.227 e. The van der Waals surface area contributed by atoms with Crippen LogP contribution in [0.2, 0.25) is 0 Å². The number of carbonyl (C=O) groups is 1. The number of hydrogen-bond donors (Lipinski definition) is 1. The Bertz CT molecular complexity index is 551. The number of nitrogens with two attached hydrogens (primary N) is 1. The van der Waals surface area contributed by atoms with Gasteiger partial charge in [-0.05, 0) is 12.1 Å². The summed E-state index contributed by atoms with van der Waals surface area (Å²) in [5.41, 5.74) is 6.26.